The monoisotopic (exact) mass is 511 g/mol. The molecule has 0 bridgehead atoms. The maximum Gasteiger partial charge on any atom is 0.0855 e. The smallest absolute Gasteiger partial charge is 0.0855 e. The van der Waals surface area contributed by atoms with Crippen molar-refractivity contribution in [3.63, 3.8) is 0 Å². The molecule has 0 rings (SSSR count). The van der Waals surface area contributed by atoms with Crippen molar-refractivity contribution in [1.29, 1.82) is 0 Å². The molecule has 36 heavy (non-hydrogen) atoms. The van der Waals surface area contributed by atoms with Gasteiger partial charge in [-0.05, 0) is 31.1 Å². The van der Waals surface area contributed by atoms with Crippen LogP contribution >= 0.6 is 0 Å². The Bertz CT molecular complexity index is 405. The molecule has 0 amide bonds. The highest BCUT2D eigenvalue weighted by molar-refractivity contribution is 4.90. The summed E-state index contributed by atoms with van der Waals surface area (Å²) in [6.45, 7) is 9.11. The maximum absolute atomic E-state index is 11.7. The average molecular weight is 511 g/mol. The molecule has 218 valence electrons. The molecule has 0 heterocycles. The highest BCUT2D eigenvalue weighted by Gasteiger charge is 2.39. The molecule has 2 heteroatoms. The fourth-order valence-corrected chi connectivity index (χ4v) is 6.11. The van der Waals surface area contributed by atoms with E-state index in [0.29, 0.717) is 0 Å². The Labute approximate surface area is 228 Å². The summed E-state index contributed by atoms with van der Waals surface area (Å²) in [5.74, 6) is 0. The molecule has 0 aromatic rings. The van der Waals surface area contributed by atoms with Gasteiger partial charge in [-0.25, -0.2) is 0 Å². The second-order valence-electron chi connectivity index (χ2n) is 12.1. The van der Waals surface area contributed by atoms with Gasteiger partial charge in [-0.3, -0.25) is 0 Å². The summed E-state index contributed by atoms with van der Waals surface area (Å²) >= 11 is 0. The predicted molar refractivity (Wildman–Crippen MR) is 162 cm³/mol. The third-order valence-electron chi connectivity index (χ3n) is 8.68. The summed E-state index contributed by atoms with van der Waals surface area (Å²) in [5.41, 5.74) is -0.0796. The van der Waals surface area contributed by atoms with Gasteiger partial charge in [0.05, 0.1) is 12.2 Å². The summed E-state index contributed by atoms with van der Waals surface area (Å²) in [5, 5.41) is 22.9. The van der Waals surface area contributed by atoms with E-state index in [0.717, 1.165) is 32.1 Å². The molecule has 0 fully saturated rings. The van der Waals surface area contributed by atoms with Crippen LogP contribution in [0.5, 0.6) is 0 Å². The standard InChI is InChI=1S/C34H70O2/c1-5-9-13-17-20-21-24-28-32(35)33(36)34(29-25-16-12-8-4,30-26-22-18-14-10-6-2)31-27-23-19-15-11-7-3/h32-33,35-36H,5-31H2,1-4H3. The molecule has 0 radical (unpaired) electrons. The van der Waals surface area contributed by atoms with Gasteiger partial charge in [0.2, 0.25) is 0 Å². The first kappa shape index (κ1) is 35.9. The predicted octanol–water partition coefficient (Wildman–Crippen LogP) is 11.3. The van der Waals surface area contributed by atoms with Crippen LogP contribution in [0.2, 0.25) is 0 Å². The van der Waals surface area contributed by atoms with Crippen molar-refractivity contribution < 1.29 is 10.2 Å². The molecule has 2 nitrogen and oxygen atoms in total. The summed E-state index contributed by atoms with van der Waals surface area (Å²) < 4.78 is 0. The van der Waals surface area contributed by atoms with Crippen LogP contribution in [0.15, 0.2) is 0 Å². The highest BCUT2D eigenvalue weighted by atomic mass is 16.3. The molecule has 2 N–H and O–H groups in total. The van der Waals surface area contributed by atoms with Crippen LogP contribution in [-0.2, 0) is 0 Å². The van der Waals surface area contributed by atoms with Gasteiger partial charge in [0.1, 0.15) is 0 Å². The van der Waals surface area contributed by atoms with Crippen molar-refractivity contribution in [3.8, 4) is 0 Å². The van der Waals surface area contributed by atoms with Gasteiger partial charge >= 0.3 is 0 Å². The number of aliphatic hydroxyl groups is 2. The molecule has 2 atom stereocenters. The van der Waals surface area contributed by atoms with Gasteiger partial charge in [0, 0.05) is 0 Å². The minimum absolute atomic E-state index is 0.0796. The Morgan fingerprint density at radius 1 is 0.389 bits per heavy atom. The lowest BCUT2D eigenvalue weighted by Gasteiger charge is -2.41. The van der Waals surface area contributed by atoms with E-state index in [1.54, 1.807) is 0 Å². The van der Waals surface area contributed by atoms with E-state index in [-0.39, 0.29) is 5.41 Å². The van der Waals surface area contributed by atoms with Crippen LogP contribution in [0, 0.1) is 5.41 Å². The molecule has 0 aliphatic rings. The zero-order valence-electron chi connectivity index (χ0n) is 25.6. The van der Waals surface area contributed by atoms with Crippen molar-refractivity contribution in [2.24, 2.45) is 5.41 Å². The van der Waals surface area contributed by atoms with Crippen molar-refractivity contribution >= 4 is 0 Å². The van der Waals surface area contributed by atoms with E-state index < -0.39 is 12.2 Å². The number of hydrogen-bond donors (Lipinski definition) is 2. The summed E-state index contributed by atoms with van der Waals surface area (Å²) in [7, 11) is 0. The van der Waals surface area contributed by atoms with Crippen molar-refractivity contribution in [2.75, 3.05) is 0 Å². The van der Waals surface area contributed by atoms with Gasteiger partial charge in [0.15, 0.2) is 0 Å². The van der Waals surface area contributed by atoms with Crippen molar-refractivity contribution in [3.05, 3.63) is 0 Å². The van der Waals surface area contributed by atoms with Crippen LogP contribution < -0.4 is 0 Å². The maximum atomic E-state index is 11.7. The molecular weight excluding hydrogens is 440 g/mol. The number of unbranched alkanes of at least 4 members (excludes halogenated alkanes) is 19. The molecule has 0 saturated carbocycles. The fraction of sp³-hybridized carbons (Fsp3) is 1.00. The zero-order chi connectivity index (χ0) is 26.7. The van der Waals surface area contributed by atoms with Crippen molar-refractivity contribution in [1.82, 2.24) is 0 Å². The lowest BCUT2D eigenvalue weighted by atomic mass is 9.68. The summed E-state index contributed by atoms with van der Waals surface area (Å²) in [6.07, 6.45) is 32.5. The van der Waals surface area contributed by atoms with E-state index in [4.69, 9.17) is 0 Å². The summed E-state index contributed by atoms with van der Waals surface area (Å²) in [4.78, 5) is 0. The largest absolute Gasteiger partial charge is 0.390 e. The molecule has 0 aliphatic carbocycles. The minimum Gasteiger partial charge on any atom is -0.390 e. The number of rotatable bonds is 29. The van der Waals surface area contributed by atoms with E-state index in [2.05, 4.69) is 27.7 Å². The van der Waals surface area contributed by atoms with E-state index >= 15 is 0 Å². The molecule has 0 aromatic carbocycles. The van der Waals surface area contributed by atoms with Gasteiger partial charge in [-0.15, -0.1) is 0 Å². The van der Waals surface area contributed by atoms with Crippen LogP contribution in [0.4, 0.5) is 0 Å². The molecule has 0 saturated heterocycles. The van der Waals surface area contributed by atoms with Gasteiger partial charge in [-0.1, -0.05) is 175 Å². The third-order valence-corrected chi connectivity index (χ3v) is 8.68. The Kier molecular flexibility index (Phi) is 26.5. The number of aliphatic hydroxyl groups excluding tert-OH is 2. The lowest BCUT2D eigenvalue weighted by Crippen LogP contribution is -2.43. The first-order chi connectivity index (χ1) is 17.6. The normalized spacial score (nSPS) is 13.8. The minimum atomic E-state index is -0.550. The van der Waals surface area contributed by atoms with Gasteiger partial charge in [-0.2, -0.15) is 0 Å². The lowest BCUT2D eigenvalue weighted by molar-refractivity contribution is -0.0836. The van der Waals surface area contributed by atoms with Crippen LogP contribution in [0.1, 0.15) is 201 Å². The molecular formula is C34H70O2. The van der Waals surface area contributed by atoms with E-state index in [9.17, 15) is 10.2 Å². The van der Waals surface area contributed by atoms with E-state index in [1.807, 2.05) is 0 Å². The molecule has 0 spiro atoms. The Morgan fingerprint density at radius 2 is 0.667 bits per heavy atom. The Morgan fingerprint density at radius 3 is 1.03 bits per heavy atom. The van der Waals surface area contributed by atoms with Crippen LogP contribution in [0.3, 0.4) is 0 Å². The molecule has 0 aromatic heterocycles. The first-order valence-electron chi connectivity index (χ1n) is 16.9. The average Bonchev–Trinajstić information content (AvgIpc) is 2.89. The number of hydrogen-bond acceptors (Lipinski definition) is 2. The topological polar surface area (TPSA) is 40.5 Å². The third kappa shape index (κ3) is 19.1. The fourth-order valence-electron chi connectivity index (χ4n) is 6.11. The van der Waals surface area contributed by atoms with Crippen LogP contribution in [0.25, 0.3) is 0 Å². The second-order valence-corrected chi connectivity index (χ2v) is 12.1. The SMILES string of the molecule is CCCCCCCCCC(O)C(O)C(CCCCCC)(CCCCCCCC)CCCCCCCC. The van der Waals surface area contributed by atoms with Gasteiger partial charge < -0.3 is 10.2 Å². The van der Waals surface area contributed by atoms with Gasteiger partial charge in [0.25, 0.3) is 0 Å². The Hall–Kier alpha value is -0.0800. The molecule has 0 aliphatic heterocycles. The van der Waals surface area contributed by atoms with E-state index in [1.165, 1.54) is 141 Å². The zero-order valence-corrected chi connectivity index (χ0v) is 25.6. The quantitative estimate of drug-likeness (QED) is 0.0982. The summed E-state index contributed by atoms with van der Waals surface area (Å²) in [6, 6.07) is 0. The Balaban J connectivity index is 5.06. The first-order valence-corrected chi connectivity index (χ1v) is 16.9. The molecule has 2 unspecified atom stereocenters. The van der Waals surface area contributed by atoms with Crippen molar-refractivity contribution in [2.45, 2.75) is 213 Å². The van der Waals surface area contributed by atoms with Crippen LogP contribution in [-0.4, -0.2) is 22.4 Å². The second kappa shape index (κ2) is 26.5. The highest BCUT2D eigenvalue weighted by Crippen LogP contribution is 2.42.